The van der Waals surface area contributed by atoms with E-state index >= 15 is 0 Å². The molecule has 2 aliphatic rings. The fourth-order valence-corrected chi connectivity index (χ4v) is 3.00. The summed E-state index contributed by atoms with van der Waals surface area (Å²) in [7, 11) is 0. The topological polar surface area (TPSA) is 23.5 Å². The lowest BCUT2D eigenvalue weighted by Gasteiger charge is -2.40. The van der Waals surface area contributed by atoms with Crippen LogP contribution in [0.1, 0.15) is 46.0 Å². The molecule has 0 aromatic rings. The Balaban J connectivity index is 1.98. The number of aliphatic hydroxyl groups excluding tert-OH is 1. The summed E-state index contributed by atoms with van der Waals surface area (Å²) in [6.07, 6.45) is 10.4. The first-order chi connectivity index (χ1) is 8.16. The van der Waals surface area contributed by atoms with Crippen LogP contribution in [0.4, 0.5) is 0 Å². The van der Waals surface area contributed by atoms with Gasteiger partial charge in [-0.2, -0.15) is 0 Å². The molecule has 0 amide bonds. The first-order valence-electron chi connectivity index (χ1n) is 6.96. The van der Waals surface area contributed by atoms with Gasteiger partial charge in [-0.1, -0.05) is 24.1 Å². The normalized spacial score (nSPS) is 29.9. The van der Waals surface area contributed by atoms with E-state index in [1.165, 1.54) is 37.0 Å². The number of aliphatic hydroxyl groups is 1. The maximum absolute atomic E-state index is 9.27. The maximum atomic E-state index is 9.27. The van der Waals surface area contributed by atoms with Crippen LogP contribution in [0.2, 0.25) is 0 Å². The summed E-state index contributed by atoms with van der Waals surface area (Å²) in [4.78, 5) is 2.62. The number of allylic oxidation sites excluding steroid dienone is 1. The van der Waals surface area contributed by atoms with Crippen molar-refractivity contribution in [3.8, 4) is 0 Å². The number of piperidine rings is 1. The van der Waals surface area contributed by atoms with E-state index in [9.17, 15) is 5.11 Å². The monoisotopic (exact) mass is 235 g/mol. The fourth-order valence-electron chi connectivity index (χ4n) is 3.00. The highest BCUT2D eigenvalue weighted by Crippen LogP contribution is 2.28. The van der Waals surface area contributed by atoms with Gasteiger partial charge in [0.2, 0.25) is 0 Å². The number of hydrogen-bond donors (Lipinski definition) is 1. The van der Waals surface area contributed by atoms with Gasteiger partial charge in [0.1, 0.15) is 0 Å². The Morgan fingerprint density at radius 3 is 3.12 bits per heavy atom. The second-order valence-corrected chi connectivity index (χ2v) is 5.58. The molecule has 0 aliphatic carbocycles. The summed E-state index contributed by atoms with van der Waals surface area (Å²) in [5.74, 6) is 0. The quantitative estimate of drug-likeness (QED) is 0.813. The zero-order valence-corrected chi connectivity index (χ0v) is 11.2. The Labute approximate surface area is 105 Å². The lowest BCUT2D eigenvalue weighted by molar-refractivity contribution is 0.179. The van der Waals surface area contributed by atoms with Crippen molar-refractivity contribution in [2.45, 2.75) is 58.1 Å². The van der Waals surface area contributed by atoms with Gasteiger partial charge in [-0.25, -0.2) is 0 Å². The Morgan fingerprint density at radius 2 is 2.35 bits per heavy atom. The van der Waals surface area contributed by atoms with Crippen LogP contribution in [0.3, 0.4) is 0 Å². The molecule has 0 aromatic carbocycles. The molecule has 2 rings (SSSR count). The largest absolute Gasteiger partial charge is 0.393 e. The average molecular weight is 235 g/mol. The zero-order chi connectivity index (χ0) is 12.3. The zero-order valence-electron chi connectivity index (χ0n) is 11.2. The summed E-state index contributed by atoms with van der Waals surface area (Å²) in [6, 6.07) is 0.706. The van der Waals surface area contributed by atoms with Crippen LogP contribution in [-0.4, -0.2) is 35.2 Å². The molecule has 2 heterocycles. The Kier molecular flexibility index (Phi) is 4.41. The molecular weight excluding hydrogens is 210 g/mol. The molecule has 2 nitrogen and oxygen atoms in total. The van der Waals surface area contributed by atoms with Crippen LogP contribution in [0.25, 0.3) is 0 Å². The van der Waals surface area contributed by atoms with Gasteiger partial charge in [0.05, 0.1) is 6.10 Å². The number of nitrogens with zero attached hydrogens (tertiary/aromatic N) is 1. The molecule has 0 aromatic heterocycles. The number of fused-ring (bicyclic) bond motifs is 1. The van der Waals surface area contributed by atoms with Crippen molar-refractivity contribution >= 4 is 0 Å². The highest BCUT2D eigenvalue weighted by atomic mass is 16.3. The van der Waals surface area contributed by atoms with Gasteiger partial charge in [0.25, 0.3) is 0 Å². The van der Waals surface area contributed by atoms with E-state index in [-0.39, 0.29) is 6.10 Å². The standard InChI is InChI=1S/C15H25NO/c1-12-10-14(7-5-6-13(2)17)11-16-9-4-3-8-15(12)16/h7,10,13,15,17H,3-6,8-9,11H2,1-2H3/b14-7-. The summed E-state index contributed by atoms with van der Waals surface area (Å²) >= 11 is 0. The summed E-state index contributed by atoms with van der Waals surface area (Å²) < 4.78 is 0. The number of hydrogen-bond acceptors (Lipinski definition) is 2. The minimum Gasteiger partial charge on any atom is -0.393 e. The van der Waals surface area contributed by atoms with Crippen molar-refractivity contribution in [2.75, 3.05) is 13.1 Å². The van der Waals surface area contributed by atoms with Crippen molar-refractivity contribution in [3.05, 3.63) is 23.3 Å². The van der Waals surface area contributed by atoms with Crippen LogP contribution >= 0.6 is 0 Å². The molecule has 1 saturated heterocycles. The van der Waals surface area contributed by atoms with Crippen molar-refractivity contribution in [1.82, 2.24) is 4.90 Å². The van der Waals surface area contributed by atoms with Crippen molar-refractivity contribution in [3.63, 3.8) is 0 Å². The van der Waals surface area contributed by atoms with Gasteiger partial charge in [0, 0.05) is 12.6 Å². The molecule has 17 heavy (non-hydrogen) atoms. The van der Waals surface area contributed by atoms with Gasteiger partial charge in [0.15, 0.2) is 0 Å². The third kappa shape index (κ3) is 3.43. The van der Waals surface area contributed by atoms with Crippen molar-refractivity contribution in [2.24, 2.45) is 0 Å². The third-order valence-corrected chi connectivity index (χ3v) is 3.93. The lowest BCUT2D eigenvalue weighted by Crippen LogP contribution is -2.43. The van der Waals surface area contributed by atoms with E-state index < -0.39 is 0 Å². The summed E-state index contributed by atoms with van der Waals surface area (Å²) in [5.41, 5.74) is 2.97. The van der Waals surface area contributed by atoms with Crippen LogP contribution in [0.5, 0.6) is 0 Å². The van der Waals surface area contributed by atoms with Gasteiger partial charge in [-0.05, 0) is 51.6 Å². The van der Waals surface area contributed by atoms with Gasteiger partial charge in [-0.3, -0.25) is 4.90 Å². The lowest BCUT2D eigenvalue weighted by atomic mass is 9.90. The molecule has 2 unspecified atom stereocenters. The van der Waals surface area contributed by atoms with Crippen LogP contribution in [0.15, 0.2) is 23.3 Å². The van der Waals surface area contributed by atoms with E-state index in [4.69, 9.17) is 0 Å². The Hall–Kier alpha value is -0.600. The molecular formula is C15H25NO. The van der Waals surface area contributed by atoms with Crippen molar-refractivity contribution < 1.29 is 5.11 Å². The van der Waals surface area contributed by atoms with E-state index in [0.29, 0.717) is 6.04 Å². The van der Waals surface area contributed by atoms with Gasteiger partial charge in [-0.15, -0.1) is 0 Å². The van der Waals surface area contributed by atoms with Gasteiger partial charge < -0.3 is 5.11 Å². The molecule has 0 bridgehead atoms. The molecule has 2 aliphatic heterocycles. The third-order valence-electron chi connectivity index (χ3n) is 3.93. The molecule has 0 radical (unpaired) electrons. The van der Waals surface area contributed by atoms with Crippen LogP contribution < -0.4 is 0 Å². The molecule has 1 N–H and O–H groups in total. The van der Waals surface area contributed by atoms with E-state index in [1.54, 1.807) is 0 Å². The first kappa shape index (κ1) is 12.8. The summed E-state index contributed by atoms with van der Waals surface area (Å²) in [6.45, 7) is 6.50. The van der Waals surface area contributed by atoms with Crippen LogP contribution in [0, 0.1) is 0 Å². The molecule has 2 atom stereocenters. The first-order valence-corrected chi connectivity index (χ1v) is 6.96. The van der Waals surface area contributed by atoms with Crippen molar-refractivity contribution in [1.29, 1.82) is 0 Å². The van der Waals surface area contributed by atoms with E-state index in [0.717, 1.165) is 19.4 Å². The molecule has 0 saturated carbocycles. The minimum absolute atomic E-state index is 0.178. The van der Waals surface area contributed by atoms with E-state index in [2.05, 4.69) is 24.0 Å². The maximum Gasteiger partial charge on any atom is 0.0515 e. The number of rotatable bonds is 3. The second kappa shape index (κ2) is 5.83. The molecule has 2 heteroatoms. The predicted molar refractivity (Wildman–Crippen MR) is 72.0 cm³/mol. The summed E-state index contributed by atoms with van der Waals surface area (Å²) in [5, 5.41) is 9.27. The van der Waals surface area contributed by atoms with Crippen LogP contribution in [-0.2, 0) is 0 Å². The van der Waals surface area contributed by atoms with Gasteiger partial charge >= 0.3 is 0 Å². The second-order valence-electron chi connectivity index (χ2n) is 5.58. The minimum atomic E-state index is -0.178. The SMILES string of the molecule is CC1=C/C(=C/CCC(C)O)CN2CCCCC12. The average Bonchev–Trinajstić information content (AvgIpc) is 2.28. The highest BCUT2D eigenvalue weighted by molar-refractivity contribution is 5.31. The fraction of sp³-hybridized carbons (Fsp3) is 0.733. The predicted octanol–water partition coefficient (Wildman–Crippen LogP) is 2.89. The molecule has 96 valence electrons. The molecule has 0 spiro atoms. The van der Waals surface area contributed by atoms with E-state index in [1.807, 2.05) is 6.92 Å². The highest BCUT2D eigenvalue weighted by Gasteiger charge is 2.26. The Bertz CT molecular complexity index is 317. The Morgan fingerprint density at radius 1 is 1.53 bits per heavy atom. The molecule has 1 fully saturated rings. The smallest absolute Gasteiger partial charge is 0.0515 e.